The van der Waals surface area contributed by atoms with Crippen molar-refractivity contribution in [3.8, 4) is 0 Å². The van der Waals surface area contributed by atoms with Crippen LogP contribution in [-0.2, 0) is 9.68 Å². The highest BCUT2D eigenvalue weighted by atomic mass is 35.5. The molecule has 0 aromatic rings. The molecule has 1 N–H and O–H groups in total. The van der Waals surface area contributed by atoms with E-state index in [9.17, 15) is 4.79 Å². The van der Waals surface area contributed by atoms with E-state index in [-0.39, 0.29) is 5.57 Å². The van der Waals surface area contributed by atoms with Gasteiger partial charge in [-0.3, -0.25) is 4.89 Å². The molecular weight excluding hydrogens is 168 g/mol. The van der Waals surface area contributed by atoms with Gasteiger partial charge in [-0.05, 0) is 19.3 Å². The highest BCUT2D eigenvalue weighted by Gasteiger charge is 2.06. The maximum Gasteiger partial charge on any atom is 0.368 e. The lowest BCUT2D eigenvalue weighted by atomic mass is 10.1. The molecule has 64 valence electrons. The van der Waals surface area contributed by atoms with E-state index in [1.54, 1.807) is 0 Å². The Morgan fingerprint density at radius 3 is 2.64 bits per heavy atom. The average molecular weight is 179 g/mol. The first-order valence-electron chi connectivity index (χ1n) is 3.32. The zero-order chi connectivity index (χ0) is 8.69. The molecule has 0 fully saturated rings. The molecule has 3 nitrogen and oxygen atoms in total. The Labute approximate surface area is 70.5 Å². The maximum absolute atomic E-state index is 10.5. The Kier molecular flexibility index (Phi) is 5.88. The van der Waals surface area contributed by atoms with Gasteiger partial charge < -0.3 is 0 Å². The third kappa shape index (κ3) is 4.81. The molecule has 0 unspecified atom stereocenters. The normalized spacial score (nSPS) is 9.27. The van der Waals surface area contributed by atoms with Crippen LogP contribution in [0.5, 0.6) is 0 Å². The van der Waals surface area contributed by atoms with Gasteiger partial charge >= 0.3 is 5.97 Å². The van der Waals surface area contributed by atoms with Crippen LogP contribution in [0, 0.1) is 0 Å². The number of hydrogen-bond acceptors (Lipinski definition) is 3. The first-order chi connectivity index (χ1) is 5.22. The Bertz CT molecular complexity index is 145. The molecule has 0 aromatic carbocycles. The van der Waals surface area contributed by atoms with Crippen LogP contribution in [0.1, 0.15) is 19.3 Å². The van der Waals surface area contributed by atoms with E-state index in [0.717, 1.165) is 12.8 Å². The van der Waals surface area contributed by atoms with Crippen LogP contribution in [-0.4, -0.2) is 17.1 Å². The summed E-state index contributed by atoms with van der Waals surface area (Å²) < 4.78 is 0. The zero-order valence-corrected chi connectivity index (χ0v) is 6.93. The van der Waals surface area contributed by atoms with Crippen LogP contribution in [0.3, 0.4) is 0 Å². The summed E-state index contributed by atoms with van der Waals surface area (Å²) in [5.74, 6) is -0.193. The SMILES string of the molecule is C=C(CCCCCl)C(=O)OO. The molecule has 0 aliphatic heterocycles. The monoisotopic (exact) mass is 178 g/mol. The third-order valence-corrected chi connectivity index (χ3v) is 1.50. The molecule has 0 radical (unpaired) electrons. The van der Waals surface area contributed by atoms with Gasteiger partial charge in [-0.25, -0.2) is 4.79 Å². The van der Waals surface area contributed by atoms with Crippen molar-refractivity contribution < 1.29 is 14.9 Å². The fourth-order valence-electron chi connectivity index (χ4n) is 0.599. The summed E-state index contributed by atoms with van der Waals surface area (Å²) in [6.45, 7) is 3.42. The van der Waals surface area contributed by atoms with E-state index in [1.165, 1.54) is 0 Å². The molecule has 0 amide bonds. The van der Waals surface area contributed by atoms with Gasteiger partial charge in [-0.15, -0.1) is 11.6 Å². The number of rotatable bonds is 5. The zero-order valence-electron chi connectivity index (χ0n) is 6.18. The number of carbonyl (C=O) groups is 1. The summed E-state index contributed by atoms with van der Waals surface area (Å²) in [5, 5.41) is 7.93. The molecule has 0 rings (SSSR count). The Balaban J connectivity index is 3.44. The minimum absolute atomic E-state index is 0.276. The fraction of sp³-hybridized carbons (Fsp3) is 0.571. The Morgan fingerprint density at radius 2 is 2.18 bits per heavy atom. The minimum Gasteiger partial charge on any atom is -0.296 e. The van der Waals surface area contributed by atoms with Crippen LogP contribution >= 0.6 is 11.6 Å². The molecule has 0 saturated carbocycles. The van der Waals surface area contributed by atoms with Gasteiger partial charge in [0.2, 0.25) is 0 Å². The first kappa shape index (κ1) is 10.5. The number of carbonyl (C=O) groups excluding carboxylic acids is 1. The Morgan fingerprint density at radius 1 is 1.55 bits per heavy atom. The number of alkyl halides is 1. The first-order valence-corrected chi connectivity index (χ1v) is 3.85. The van der Waals surface area contributed by atoms with Gasteiger partial charge in [0.05, 0.1) is 0 Å². The summed E-state index contributed by atoms with van der Waals surface area (Å²) >= 11 is 5.40. The quantitative estimate of drug-likeness (QED) is 0.230. The van der Waals surface area contributed by atoms with Crippen molar-refractivity contribution in [1.29, 1.82) is 0 Å². The molecule has 0 spiro atoms. The summed E-state index contributed by atoms with van der Waals surface area (Å²) in [5.41, 5.74) is 0.276. The molecule has 0 heterocycles. The number of hydrogen-bond donors (Lipinski definition) is 1. The molecule has 11 heavy (non-hydrogen) atoms. The molecule has 0 bridgehead atoms. The predicted molar refractivity (Wildman–Crippen MR) is 42.4 cm³/mol. The highest BCUT2D eigenvalue weighted by molar-refractivity contribution is 6.17. The van der Waals surface area contributed by atoms with Gasteiger partial charge in [0, 0.05) is 11.5 Å². The lowest BCUT2D eigenvalue weighted by Crippen LogP contribution is -2.03. The number of halogens is 1. The number of unbranched alkanes of at least 4 members (excludes halogenated alkanes) is 1. The van der Waals surface area contributed by atoms with Crippen LogP contribution < -0.4 is 0 Å². The average Bonchev–Trinajstić information content (AvgIpc) is 2.03. The highest BCUT2D eigenvalue weighted by Crippen LogP contribution is 2.06. The van der Waals surface area contributed by atoms with Crippen LogP contribution in [0.2, 0.25) is 0 Å². The van der Waals surface area contributed by atoms with E-state index in [0.29, 0.717) is 12.3 Å². The second-order valence-electron chi connectivity index (χ2n) is 2.13. The lowest BCUT2D eigenvalue weighted by molar-refractivity contribution is -0.229. The Hall–Kier alpha value is -0.540. The molecular formula is C7H11ClO3. The van der Waals surface area contributed by atoms with Crippen LogP contribution in [0.25, 0.3) is 0 Å². The summed E-state index contributed by atoms with van der Waals surface area (Å²) in [6, 6.07) is 0. The molecule has 0 aliphatic rings. The topological polar surface area (TPSA) is 46.5 Å². The van der Waals surface area contributed by atoms with Crippen LogP contribution in [0.4, 0.5) is 0 Å². The summed E-state index contributed by atoms with van der Waals surface area (Å²) in [6.07, 6.45) is 2.14. The second-order valence-corrected chi connectivity index (χ2v) is 2.51. The van der Waals surface area contributed by atoms with E-state index < -0.39 is 5.97 Å². The molecule has 0 saturated heterocycles. The second kappa shape index (κ2) is 6.19. The van der Waals surface area contributed by atoms with Crippen molar-refractivity contribution >= 4 is 17.6 Å². The lowest BCUT2D eigenvalue weighted by Gasteiger charge is -1.99. The van der Waals surface area contributed by atoms with Gasteiger partial charge in [0.15, 0.2) is 0 Å². The van der Waals surface area contributed by atoms with Gasteiger partial charge in [0.1, 0.15) is 0 Å². The van der Waals surface area contributed by atoms with E-state index in [1.807, 2.05) is 0 Å². The largest absolute Gasteiger partial charge is 0.368 e. The molecule has 0 atom stereocenters. The smallest absolute Gasteiger partial charge is 0.296 e. The third-order valence-electron chi connectivity index (χ3n) is 1.23. The molecule has 0 aliphatic carbocycles. The van der Waals surface area contributed by atoms with Crippen molar-refractivity contribution in [3.63, 3.8) is 0 Å². The maximum atomic E-state index is 10.5. The van der Waals surface area contributed by atoms with Gasteiger partial charge in [-0.2, -0.15) is 5.26 Å². The van der Waals surface area contributed by atoms with Crippen molar-refractivity contribution in [1.82, 2.24) is 0 Å². The summed E-state index contributed by atoms with van der Waals surface area (Å²) in [4.78, 5) is 14.0. The standard InChI is InChI=1S/C7H11ClO3/c1-6(7(9)11-10)4-2-3-5-8/h10H,1-5H2. The van der Waals surface area contributed by atoms with Gasteiger partial charge in [-0.1, -0.05) is 6.58 Å². The van der Waals surface area contributed by atoms with E-state index in [4.69, 9.17) is 16.9 Å². The van der Waals surface area contributed by atoms with Crippen molar-refractivity contribution in [2.75, 3.05) is 5.88 Å². The predicted octanol–water partition coefficient (Wildman–Crippen LogP) is 1.97. The van der Waals surface area contributed by atoms with Crippen molar-refractivity contribution in [2.45, 2.75) is 19.3 Å². The van der Waals surface area contributed by atoms with Crippen molar-refractivity contribution in [3.05, 3.63) is 12.2 Å². The van der Waals surface area contributed by atoms with Crippen LogP contribution in [0.15, 0.2) is 12.2 Å². The van der Waals surface area contributed by atoms with Gasteiger partial charge in [0.25, 0.3) is 0 Å². The molecule has 0 aromatic heterocycles. The van der Waals surface area contributed by atoms with E-state index in [2.05, 4.69) is 11.5 Å². The molecule has 4 heteroatoms. The van der Waals surface area contributed by atoms with Crippen molar-refractivity contribution in [2.24, 2.45) is 0 Å². The fourth-order valence-corrected chi connectivity index (χ4v) is 0.788. The van der Waals surface area contributed by atoms with E-state index >= 15 is 0 Å². The minimum atomic E-state index is -0.764. The summed E-state index contributed by atoms with van der Waals surface area (Å²) in [7, 11) is 0.